The van der Waals surface area contributed by atoms with Gasteiger partial charge in [-0.05, 0) is 25.7 Å². The predicted molar refractivity (Wildman–Crippen MR) is 72.9 cm³/mol. The highest BCUT2D eigenvalue weighted by atomic mass is 16.5. The van der Waals surface area contributed by atoms with E-state index in [0.29, 0.717) is 12.6 Å². The second kappa shape index (κ2) is 7.22. The molecule has 0 unspecified atom stereocenters. The SMILES string of the molecule is CCCOCC(=O)N1CCN([C@H]2CCC[C@H]2O)CC1. The van der Waals surface area contributed by atoms with Crippen molar-refractivity contribution in [2.24, 2.45) is 0 Å². The molecule has 0 aromatic carbocycles. The van der Waals surface area contributed by atoms with E-state index in [-0.39, 0.29) is 18.6 Å². The average molecular weight is 270 g/mol. The maximum atomic E-state index is 11.9. The summed E-state index contributed by atoms with van der Waals surface area (Å²) >= 11 is 0. The third kappa shape index (κ3) is 3.91. The van der Waals surface area contributed by atoms with Crippen LogP contribution < -0.4 is 0 Å². The van der Waals surface area contributed by atoms with Gasteiger partial charge in [-0.25, -0.2) is 0 Å². The van der Waals surface area contributed by atoms with Crippen molar-refractivity contribution in [1.82, 2.24) is 9.80 Å². The van der Waals surface area contributed by atoms with Crippen molar-refractivity contribution in [1.29, 1.82) is 0 Å². The van der Waals surface area contributed by atoms with Gasteiger partial charge in [0, 0.05) is 38.8 Å². The number of hydrogen-bond acceptors (Lipinski definition) is 4. The van der Waals surface area contributed by atoms with Crippen LogP contribution in [0.15, 0.2) is 0 Å². The van der Waals surface area contributed by atoms with Crippen LogP contribution in [0, 0.1) is 0 Å². The maximum Gasteiger partial charge on any atom is 0.248 e. The lowest BCUT2D eigenvalue weighted by Crippen LogP contribution is -2.54. The van der Waals surface area contributed by atoms with Crippen LogP contribution in [0.4, 0.5) is 0 Å². The molecule has 1 aliphatic carbocycles. The van der Waals surface area contributed by atoms with Crippen molar-refractivity contribution in [3.63, 3.8) is 0 Å². The van der Waals surface area contributed by atoms with Crippen LogP contribution in [0.1, 0.15) is 32.6 Å². The van der Waals surface area contributed by atoms with Crippen LogP contribution in [0.3, 0.4) is 0 Å². The van der Waals surface area contributed by atoms with E-state index in [1.165, 1.54) is 0 Å². The van der Waals surface area contributed by atoms with Gasteiger partial charge in [-0.3, -0.25) is 9.69 Å². The molecule has 1 saturated carbocycles. The molecule has 1 amide bonds. The molecule has 2 atom stereocenters. The van der Waals surface area contributed by atoms with Gasteiger partial charge in [-0.2, -0.15) is 0 Å². The number of carbonyl (C=O) groups excluding carboxylic acids is 1. The van der Waals surface area contributed by atoms with Gasteiger partial charge >= 0.3 is 0 Å². The van der Waals surface area contributed by atoms with Gasteiger partial charge in [0.05, 0.1) is 6.10 Å². The zero-order valence-electron chi connectivity index (χ0n) is 11.9. The molecule has 1 saturated heterocycles. The topological polar surface area (TPSA) is 53.0 Å². The Morgan fingerprint density at radius 1 is 1.26 bits per heavy atom. The highest BCUT2D eigenvalue weighted by Gasteiger charge is 2.33. The van der Waals surface area contributed by atoms with Gasteiger partial charge < -0.3 is 14.7 Å². The fourth-order valence-electron chi connectivity index (χ4n) is 3.04. The molecule has 1 heterocycles. The zero-order chi connectivity index (χ0) is 13.7. The van der Waals surface area contributed by atoms with E-state index in [0.717, 1.165) is 51.9 Å². The number of ether oxygens (including phenoxy) is 1. The summed E-state index contributed by atoms with van der Waals surface area (Å²) < 4.78 is 5.30. The smallest absolute Gasteiger partial charge is 0.248 e. The van der Waals surface area contributed by atoms with Gasteiger partial charge in [0.1, 0.15) is 6.61 Å². The van der Waals surface area contributed by atoms with Crippen molar-refractivity contribution >= 4 is 5.91 Å². The van der Waals surface area contributed by atoms with Gasteiger partial charge in [0.25, 0.3) is 0 Å². The number of carbonyl (C=O) groups is 1. The Balaban J connectivity index is 1.71. The van der Waals surface area contributed by atoms with Crippen LogP contribution >= 0.6 is 0 Å². The van der Waals surface area contributed by atoms with Gasteiger partial charge in [0.15, 0.2) is 0 Å². The van der Waals surface area contributed by atoms with E-state index in [1.807, 2.05) is 11.8 Å². The highest BCUT2D eigenvalue weighted by molar-refractivity contribution is 5.77. The van der Waals surface area contributed by atoms with Crippen molar-refractivity contribution in [3.8, 4) is 0 Å². The van der Waals surface area contributed by atoms with E-state index < -0.39 is 0 Å². The summed E-state index contributed by atoms with van der Waals surface area (Å²) in [5.41, 5.74) is 0. The quantitative estimate of drug-likeness (QED) is 0.738. The molecule has 19 heavy (non-hydrogen) atoms. The molecule has 2 fully saturated rings. The Bertz CT molecular complexity index is 290. The second-order valence-corrected chi connectivity index (χ2v) is 5.53. The summed E-state index contributed by atoms with van der Waals surface area (Å²) in [5, 5.41) is 9.92. The minimum Gasteiger partial charge on any atom is -0.391 e. The number of aliphatic hydroxyl groups is 1. The highest BCUT2D eigenvalue weighted by Crippen LogP contribution is 2.25. The predicted octanol–water partition coefficient (Wildman–Crippen LogP) is 0.471. The molecular formula is C14H26N2O3. The van der Waals surface area contributed by atoms with Crippen LogP contribution in [0.2, 0.25) is 0 Å². The van der Waals surface area contributed by atoms with E-state index in [9.17, 15) is 9.90 Å². The fraction of sp³-hybridized carbons (Fsp3) is 0.929. The first-order valence-corrected chi connectivity index (χ1v) is 7.50. The van der Waals surface area contributed by atoms with Gasteiger partial charge in [-0.1, -0.05) is 6.92 Å². The first kappa shape index (κ1) is 14.8. The molecule has 1 aliphatic heterocycles. The van der Waals surface area contributed by atoms with Crippen molar-refractivity contribution < 1.29 is 14.6 Å². The van der Waals surface area contributed by atoms with Gasteiger partial charge in [-0.15, -0.1) is 0 Å². The van der Waals surface area contributed by atoms with Crippen molar-refractivity contribution in [3.05, 3.63) is 0 Å². The summed E-state index contributed by atoms with van der Waals surface area (Å²) in [6.45, 7) is 6.17. The zero-order valence-corrected chi connectivity index (χ0v) is 11.9. The lowest BCUT2D eigenvalue weighted by molar-refractivity contribution is -0.138. The van der Waals surface area contributed by atoms with E-state index in [2.05, 4.69) is 4.90 Å². The van der Waals surface area contributed by atoms with Crippen LogP contribution in [0.5, 0.6) is 0 Å². The average Bonchev–Trinajstić information content (AvgIpc) is 2.85. The van der Waals surface area contributed by atoms with E-state index >= 15 is 0 Å². The van der Waals surface area contributed by atoms with Gasteiger partial charge in [0.2, 0.25) is 5.91 Å². The summed E-state index contributed by atoms with van der Waals surface area (Å²) in [7, 11) is 0. The summed E-state index contributed by atoms with van der Waals surface area (Å²) in [5.74, 6) is 0.0973. The normalized spacial score (nSPS) is 28.8. The molecule has 0 spiro atoms. The first-order valence-electron chi connectivity index (χ1n) is 7.50. The Morgan fingerprint density at radius 2 is 2.00 bits per heavy atom. The molecule has 110 valence electrons. The second-order valence-electron chi connectivity index (χ2n) is 5.53. The van der Waals surface area contributed by atoms with E-state index in [1.54, 1.807) is 0 Å². The number of nitrogens with zero attached hydrogens (tertiary/aromatic N) is 2. The number of aliphatic hydroxyl groups excluding tert-OH is 1. The Labute approximate surface area is 115 Å². The Hall–Kier alpha value is -0.650. The maximum absolute atomic E-state index is 11.9. The standard InChI is InChI=1S/C14H26N2O3/c1-2-10-19-11-14(18)16-8-6-15(7-9-16)12-4-3-5-13(12)17/h12-13,17H,2-11H2,1H3/t12-,13+/m0/s1. The summed E-state index contributed by atoms with van der Waals surface area (Å²) in [4.78, 5) is 16.1. The number of amides is 1. The molecular weight excluding hydrogens is 244 g/mol. The number of rotatable bonds is 5. The third-order valence-corrected chi connectivity index (χ3v) is 4.15. The third-order valence-electron chi connectivity index (χ3n) is 4.15. The summed E-state index contributed by atoms with van der Waals surface area (Å²) in [6, 6.07) is 0.314. The van der Waals surface area contributed by atoms with Crippen molar-refractivity contribution in [2.75, 3.05) is 39.4 Å². The minimum atomic E-state index is -0.171. The molecule has 0 aromatic heterocycles. The molecule has 0 bridgehead atoms. The first-order chi connectivity index (χ1) is 9.22. The molecule has 2 aliphatic rings. The lowest BCUT2D eigenvalue weighted by Gasteiger charge is -2.39. The largest absolute Gasteiger partial charge is 0.391 e. The number of hydrogen-bond donors (Lipinski definition) is 1. The van der Waals surface area contributed by atoms with Crippen molar-refractivity contribution in [2.45, 2.75) is 44.8 Å². The Morgan fingerprint density at radius 3 is 2.58 bits per heavy atom. The summed E-state index contributed by atoms with van der Waals surface area (Å²) in [6.07, 6.45) is 3.91. The van der Waals surface area contributed by atoms with E-state index in [4.69, 9.17) is 4.74 Å². The lowest BCUT2D eigenvalue weighted by atomic mass is 10.1. The Kier molecular flexibility index (Phi) is 5.60. The molecule has 2 rings (SSSR count). The minimum absolute atomic E-state index is 0.0973. The molecule has 5 heteroatoms. The monoisotopic (exact) mass is 270 g/mol. The fourth-order valence-corrected chi connectivity index (χ4v) is 3.04. The van der Waals surface area contributed by atoms with Crippen LogP contribution in [-0.4, -0.2) is 72.4 Å². The molecule has 0 aromatic rings. The molecule has 1 N–H and O–H groups in total. The van der Waals surface area contributed by atoms with Crippen LogP contribution in [-0.2, 0) is 9.53 Å². The van der Waals surface area contributed by atoms with Crippen LogP contribution in [0.25, 0.3) is 0 Å². The molecule has 0 radical (unpaired) electrons. The number of piperazine rings is 1. The molecule has 5 nitrogen and oxygen atoms in total.